The van der Waals surface area contributed by atoms with E-state index in [9.17, 15) is 9.59 Å². The molecule has 7 heteroatoms. The van der Waals surface area contributed by atoms with E-state index >= 15 is 0 Å². The average molecular weight is 588 g/mol. The highest BCUT2D eigenvalue weighted by molar-refractivity contribution is 6.31. The van der Waals surface area contributed by atoms with Crippen molar-refractivity contribution in [3.63, 3.8) is 0 Å². The number of carbonyl (C=O) groups excluding carboxylic acids is 2. The van der Waals surface area contributed by atoms with E-state index in [0.717, 1.165) is 68.1 Å². The van der Waals surface area contributed by atoms with Crippen molar-refractivity contribution in [3.8, 4) is 6.07 Å². The number of hydrogen-bond donors (Lipinski definition) is 1. The molecule has 1 aromatic heterocycles. The molecule has 3 aromatic rings. The van der Waals surface area contributed by atoms with Crippen LogP contribution >= 0.6 is 11.6 Å². The van der Waals surface area contributed by atoms with E-state index in [-0.39, 0.29) is 35.5 Å². The molecule has 1 saturated heterocycles. The standard InChI is InChI=1S/C35H42ClN3O3/c1-24-20-34(40)27(22-31-23-28-21-29(36)11-13-33(28)39(31)17-5-4-16-37)9-8-25-6-2-3-7-26(25)10-12-32(24)35(41)38-30-14-18-42-19-15-30/h2-3,6-7,11,13,21,23-24,27,30,32H,4-5,8-10,12,14-15,17-20,22H2,1H3,(H,38,41). The van der Waals surface area contributed by atoms with Crippen LogP contribution in [0, 0.1) is 29.1 Å². The van der Waals surface area contributed by atoms with Crippen molar-refractivity contribution in [3.05, 3.63) is 70.4 Å². The van der Waals surface area contributed by atoms with E-state index in [0.29, 0.717) is 37.5 Å². The zero-order valence-electron chi connectivity index (χ0n) is 24.6. The smallest absolute Gasteiger partial charge is 0.223 e. The fourth-order valence-electron chi connectivity index (χ4n) is 6.81. The van der Waals surface area contributed by atoms with Gasteiger partial charge >= 0.3 is 0 Å². The summed E-state index contributed by atoms with van der Waals surface area (Å²) in [5, 5.41) is 14.2. The third-order valence-corrected chi connectivity index (χ3v) is 9.49. The second-order valence-electron chi connectivity index (χ2n) is 12.1. The Labute approximate surface area is 254 Å². The molecule has 1 N–H and O–H groups in total. The van der Waals surface area contributed by atoms with Gasteiger partial charge in [0.05, 0.1) is 6.07 Å². The second kappa shape index (κ2) is 14.4. The quantitative estimate of drug-likeness (QED) is 0.307. The molecule has 3 unspecified atom stereocenters. The molecule has 5 rings (SSSR count). The van der Waals surface area contributed by atoms with Crippen molar-refractivity contribution in [1.29, 1.82) is 5.26 Å². The Hall–Kier alpha value is -3.14. The maximum absolute atomic E-state index is 14.0. The van der Waals surface area contributed by atoms with Gasteiger partial charge in [0.2, 0.25) is 5.91 Å². The van der Waals surface area contributed by atoms with Crippen LogP contribution in [0.2, 0.25) is 5.02 Å². The molecular formula is C35H42ClN3O3. The molecule has 3 atom stereocenters. The molecule has 2 heterocycles. The van der Waals surface area contributed by atoms with Crippen molar-refractivity contribution in [1.82, 2.24) is 9.88 Å². The maximum atomic E-state index is 14.0. The number of nitrogens with one attached hydrogen (secondary N) is 1. The first-order valence-corrected chi connectivity index (χ1v) is 15.9. The van der Waals surface area contributed by atoms with Gasteiger partial charge in [-0.2, -0.15) is 5.26 Å². The molecule has 2 aromatic carbocycles. The lowest BCUT2D eigenvalue weighted by Crippen LogP contribution is -2.44. The fourth-order valence-corrected chi connectivity index (χ4v) is 6.99. The van der Waals surface area contributed by atoms with Crippen LogP contribution in [0.4, 0.5) is 0 Å². The number of fused-ring (bicyclic) bond motifs is 2. The van der Waals surface area contributed by atoms with Gasteiger partial charge in [0.1, 0.15) is 5.78 Å². The van der Waals surface area contributed by atoms with E-state index in [2.05, 4.69) is 53.2 Å². The lowest BCUT2D eigenvalue weighted by Gasteiger charge is -2.28. The first-order valence-electron chi connectivity index (χ1n) is 15.5. The first kappa shape index (κ1) is 30.3. The summed E-state index contributed by atoms with van der Waals surface area (Å²) in [6, 6.07) is 19.0. The highest BCUT2D eigenvalue weighted by Crippen LogP contribution is 2.31. The molecule has 0 radical (unpaired) electrons. The van der Waals surface area contributed by atoms with Gasteiger partial charge in [0, 0.05) is 72.1 Å². The summed E-state index contributed by atoms with van der Waals surface area (Å²) in [7, 11) is 0. The van der Waals surface area contributed by atoms with Gasteiger partial charge in [-0.1, -0.05) is 42.8 Å². The predicted molar refractivity (Wildman–Crippen MR) is 166 cm³/mol. The van der Waals surface area contributed by atoms with Gasteiger partial charge in [-0.15, -0.1) is 0 Å². The molecule has 0 bridgehead atoms. The number of carbonyl (C=O) groups is 2. The van der Waals surface area contributed by atoms with Gasteiger partial charge in [-0.05, 0) is 92.7 Å². The number of ketones is 1. The van der Waals surface area contributed by atoms with Crippen molar-refractivity contribution in [2.24, 2.45) is 17.8 Å². The fraction of sp³-hybridized carbons (Fsp3) is 0.514. The van der Waals surface area contributed by atoms with E-state index in [4.69, 9.17) is 21.6 Å². The zero-order chi connectivity index (χ0) is 29.5. The second-order valence-corrected chi connectivity index (χ2v) is 12.6. The van der Waals surface area contributed by atoms with Crippen molar-refractivity contribution in [2.75, 3.05) is 13.2 Å². The Kier molecular flexibility index (Phi) is 10.4. The third kappa shape index (κ3) is 7.43. The van der Waals surface area contributed by atoms with Crippen LogP contribution < -0.4 is 5.32 Å². The molecule has 0 saturated carbocycles. The number of Topliss-reactive ketones (excluding diaryl/α,β-unsaturated/α-hetero) is 1. The van der Waals surface area contributed by atoms with Crippen LogP contribution in [0.15, 0.2) is 48.5 Å². The highest BCUT2D eigenvalue weighted by atomic mass is 35.5. The summed E-state index contributed by atoms with van der Waals surface area (Å²) in [4.78, 5) is 27.7. The van der Waals surface area contributed by atoms with Crippen molar-refractivity contribution >= 4 is 34.2 Å². The van der Waals surface area contributed by atoms with Gasteiger partial charge in [0.25, 0.3) is 0 Å². The molecule has 1 aliphatic carbocycles. The topological polar surface area (TPSA) is 84.1 Å². The van der Waals surface area contributed by atoms with Gasteiger partial charge in [-0.25, -0.2) is 0 Å². The molecule has 6 nitrogen and oxygen atoms in total. The Bertz CT molecular complexity index is 1430. The average Bonchev–Trinajstić information content (AvgIpc) is 3.31. The van der Waals surface area contributed by atoms with E-state index in [1.165, 1.54) is 11.1 Å². The highest BCUT2D eigenvalue weighted by Gasteiger charge is 2.32. The molecule has 1 aliphatic heterocycles. The molecule has 42 heavy (non-hydrogen) atoms. The molecule has 1 fully saturated rings. The normalized spacial score (nSPS) is 22.2. The molecule has 2 aliphatic rings. The minimum atomic E-state index is -0.219. The molecule has 1 amide bonds. The largest absolute Gasteiger partial charge is 0.381 e. The van der Waals surface area contributed by atoms with E-state index in [1.54, 1.807) is 0 Å². The minimum absolute atomic E-state index is 0.0506. The number of aromatic nitrogens is 1. The summed E-state index contributed by atoms with van der Waals surface area (Å²) in [5.74, 6) is -0.122. The SMILES string of the molecule is CC1CC(=O)C(Cc2cc3cc(Cl)ccc3n2CCCC#N)CCc2ccccc2CCC1C(=O)NC1CCOCC1. The summed E-state index contributed by atoms with van der Waals surface area (Å²) in [5.41, 5.74) is 4.74. The Balaban J connectivity index is 1.42. The van der Waals surface area contributed by atoms with Crippen LogP contribution in [0.25, 0.3) is 10.9 Å². The Morgan fingerprint density at radius 2 is 1.81 bits per heavy atom. The van der Waals surface area contributed by atoms with Crippen molar-refractivity contribution in [2.45, 2.75) is 83.7 Å². The van der Waals surface area contributed by atoms with Gasteiger partial charge in [-0.3, -0.25) is 9.59 Å². The lowest BCUT2D eigenvalue weighted by atomic mass is 9.81. The minimum Gasteiger partial charge on any atom is -0.381 e. The van der Waals surface area contributed by atoms with Crippen LogP contribution in [0.5, 0.6) is 0 Å². The zero-order valence-corrected chi connectivity index (χ0v) is 25.4. The Morgan fingerprint density at radius 1 is 1.07 bits per heavy atom. The number of unbranched alkanes of at least 4 members (excludes halogenated alkanes) is 1. The number of nitriles is 1. The maximum Gasteiger partial charge on any atom is 0.223 e. The number of ether oxygens (including phenoxy) is 1. The number of amides is 1. The first-order chi connectivity index (χ1) is 20.4. The van der Waals surface area contributed by atoms with Crippen LogP contribution in [0.1, 0.15) is 68.7 Å². The number of benzene rings is 2. The molecular weight excluding hydrogens is 546 g/mol. The van der Waals surface area contributed by atoms with Crippen LogP contribution in [-0.4, -0.2) is 35.5 Å². The predicted octanol–water partition coefficient (Wildman–Crippen LogP) is 6.84. The van der Waals surface area contributed by atoms with Crippen LogP contribution in [-0.2, 0) is 40.1 Å². The number of halogens is 1. The molecule has 0 spiro atoms. The van der Waals surface area contributed by atoms with E-state index in [1.807, 2.05) is 18.2 Å². The Morgan fingerprint density at radius 3 is 2.55 bits per heavy atom. The van der Waals surface area contributed by atoms with Gasteiger partial charge in [0.15, 0.2) is 0 Å². The van der Waals surface area contributed by atoms with Crippen molar-refractivity contribution < 1.29 is 14.3 Å². The lowest BCUT2D eigenvalue weighted by molar-refractivity contribution is -0.129. The summed E-state index contributed by atoms with van der Waals surface area (Å²) >= 11 is 6.33. The summed E-state index contributed by atoms with van der Waals surface area (Å²) < 4.78 is 7.75. The summed E-state index contributed by atoms with van der Waals surface area (Å²) in [6.45, 7) is 4.16. The number of hydrogen-bond acceptors (Lipinski definition) is 4. The molecule has 222 valence electrons. The monoisotopic (exact) mass is 587 g/mol. The van der Waals surface area contributed by atoms with E-state index < -0.39 is 0 Å². The summed E-state index contributed by atoms with van der Waals surface area (Å²) in [6.07, 6.45) is 7.11. The number of aryl methyl sites for hydroxylation is 3. The number of rotatable bonds is 7. The van der Waals surface area contributed by atoms with Crippen LogP contribution in [0.3, 0.4) is 0 Å². The van der Waals surface area contributed by atoms with Gasteiger partial charge < -0.3 is 14.6 Å². The number of nitrogens with zero attached hydrogens (tertiary/aromatic N) is 2. The third-order valence-electron chi connectivity index (χ3n) is 9.25.